The average molecular weight is 248 g/mol. The molecule has 1 aromatic rings. The molecule has 2 fully saturated rings. The molecule has 2 heterocycles. The van der Waals surface area contributed by atoms with Crippen LogP contribution in [0.5, 0.6) is 0 Å². The van der Waals surface area contributed by atoms with Gasteiger partial charge in [-0.2, -0.15) is 0 Å². The number of hydrogen-bond donors (Lipinski definition) is 1. The van der Waals surface area contributed by atoms with Gasteiger partial charge in [0.15, 0.2) is 0 Å². The van der Waals surface area contributed by atoms with E-state index >= 15 is 0 Å². The molecule has 18 heavy (non-hydrogen) atoms. The van der Waals surface area contributed by atoms with E-state index in [0.29, 0.717) is 12.1 Å². The minimum absolute atomic E-state index is 0.608. The molecule has 4 nitrogen and oxygen atoms in total. The lowest BCUT2D eigenvalue weighted by Crippen LogP contribution is -2.36. The second-order valence-corrected chi connectivity index (χ2v) is 5.82. The number of nitrogens with one attached hydrogen (secondary N) is 1. The lowest BCUT2D eigenvalue weighted by atomic mass is 10.3. The van der Waals surface area contributed by atoms with E-state index in [1.54, 1.807) is 0 Å². The van der Waals surface area contributed by atoms with Crippen molar-refractivity contribution in [2.75, 3.05) is 25.0 Å². The summed E-state index contributed by atoms with van der Waals surface area (Å²) in [6, 6.07) is 1.31. The number of hydrogen-bond acceptors (Lipinski definition) is 3. The second kappa shape index (κ2) is 4.92. The number of anilines is 1. The number of aromatic nitrogens is 2. The van der Waals surface area contributed by atoms with Crippen LogP contribution in [0.3, 0.4) is 0 Å². The van der Waals surface area contributed by atoms with Gasteiger partial charge < -0.3 is 9.88 Å². The molecule has 1 atom stereocenters. The molecule has 1 aliphatic heterocycles. The molecule has 1 saturated carbocycles. The molecule has 0 aromatic carbocycles. The first kappa shape index (κ1) is 12.0. The van der Waals surface area contributed by atoms with Gasteiger partial charge in [-0.15, -0.1) is 0 Å². The minimum Gasteiger partial charge on any atom is -0.354 e. The van der Waals surface area contributed by atoms with Gasteiger partial charge in [0.05, 0.1) is 5.69 Å². The molecule has 1 aliphatic carbocycles. The highest BCUT2D eigenvalue weighted by molar-refractivity contribution is 5.30. The normalized spacial score (nSPS) is 22.3. The standard InChI is InChI=1S/C14H24N4/c1-11-10-18(13-5-6-13)14(16-11)15-9-12(2)17-7-3-4-8-17/h10,12-13H,3-9H2,1-2H3,(H,15,16). The second-order valence-electron chi connectivity index (χ2n) is 5.82. The predicted molar refractivity (Wildman–Crippen MR) is 74.0 cm³/mol. The zero-order valence-electron chi connectivity index (χ0n) is 11.5. The fourth-order valence-electron chi connectivity index (χ4n) is 2.83. The average Bonchev–Trinajstić information content (AvgIpc) is 2.90. The third-order valence-corrected chi connectivity index (χ3v) is 4.11. The van der Waals surface area contributed by atoms with Crippen molar-refractivity contribution in [1.82, 2.24) is 14.5 Å². The highest BCUT2D eigenvalue weighted by atomic mass is 15.3. The Morgan fingerprint density at radius 2 is 2.11 bits per heavy atom. The highest BCUT2D eigenvalue weighted by Gasteiger charge is 2.26. The van der Waals surface area contributed by atoms with Crippen molar-refractivity contribution in [2.45, 2.75) is 51.6 Å². The van der Waals surface area contributed by atoms with Crippen molar-refractivity contribution in [3.8, 4) is 0 Å². The van der Waals surface area contributed by atoms with Crippen molar-refractivity contribution >= 4 is 5.95 Å². The van der Waals surface area contributed by atoms with E-state index in [0.717, 1.165) is 18.2 Å². The van der Waals surface area contributed by atoms with Crippen molar-refractivity contribution in [3.05, 3.63) is 11.9 Å². The molecule has 100 valence electrons. The van der Waals surface area contributed by atoms with Crippen LogP contribution in [-0.2, 0) is 0 Å². The topological polar surface area (TPSA) is 33.1 Å². The molecule has 3 rings (SSSR count). The van der Waals surface area contributed by atoms with Gasteiger partial charge in [0.25, 0.3) is 0 Å². The number of nitrogens with zero attached hydrogens (tertiary/aromatic N) is 3. The number of imidazole rings is 1. The molecule has 1 aromatic heterocycles. The molecule has 0 amide bonds. The van der Waals surface area contributed by atoms with E-state index in [-0.39, 0.29) is 0 Å². The smallest absolute Gasteiger partial charge is 0.203 e. The Hall–Kier alpha value is -1.03. The minimum atomic E-state index is 0.608. The Kier molecular flexibility index (Phi) is 3.29. The summed E-state index contributed by atoms with van der Waals surface area (Å²) >= 11 is 0. The fourth-order valence-corrected chi connectivity index (χ4v) is 2.83. The maximum atomic E-state index is 4.60. The Balaban J connectivity index is 1.58. The number of likely N-dealkylation sites (tertiary alicyclic amines) is 1. The van der Waals surface area contributed by atoms with E-state index in [4.69, 9.17) is 0 Å². The fraction of sp³-hybridized carbons (Fsp3) is 0.786. The summed E-state index contributed by atoms with van der Waals surface area (Å²) in [5.74, 6) is 1.07. The lowest BCUT2D eigenvalue weighted by Gasteiger charge is -2.24. The maximum Gasteiger partial charge on any atom is 0.203 e. The van der Waals surface area contributed by atoms with E-state index in [9.17, 15) is 0 Å². The summed E-state index contributed by atoms with van der Waals surface area (Å²) in [5.41, 5.74) is 1.12. The largest absolute Gasteiger partial charge is 0.354 e. The van der Waals surface area contributed by atoms with Crippen LogP contribution in [0.25, 0.3) is 0 Å². The van der Waals surface area contributed by atoms with Crippen LogP contribution in [0, 0.1) is 6.92 Å². The highest BCUT2D eigenvalue weighted by Crippen LogP contribution is 2.37. The molecule has 0 bridgehead atoms. The molecule has 0 spiro atoms. The molecular weight excluding hydrogens is 224 g/mol. The quantitative estimate of drug-likeness (QED) is 0.868. The SMILES string of the molecule is Cc1cn(C2CC2)c(NCC(C)N2CCCC2)n1. The molecule has 2 aliphatic rings. The Morgan fingerprint density at radius 1 is 1.39 bits per heavy atom. The molecular formula is C14H24N4. The monoisotopic (exact) mass is 248 g/mol. The van der Waals surface area contributed by atoms with Crippen LogP contribution in [0.2, 0.25) is 0 Å². The van der Waals surface area contributed by atoms with Gasteiger partial charge in [0.1, 0.15) is 0 Å². The summed E-state index contributed by atoms with van der Waals surface area (Å²) < 4.78 is 2.33. The van der Waals surface area contributed by atoms with E-state index < -0.39 is 0 Å². The van der Waals surface area contributed by atoms with Gasteiger partial charge in [-0.05, 0) is 52.6 Å². The van der Waals surface area contributed by atoms with E-state index in [1.807, 2.05) is 0 Å². The number of rotatable bonds is 5. The molecule has 1 N–H and O–H groups in total. The third-order valence-electron chi connectivity index (χ3n) is 4.11. The third kappa shape index (κ3) is 2.53. The molecule has 0 radical (unpaired) electrons. The van der Waals surface area contributed by atoms with Gasteiger partial charge in [0, 0.05) is 24.8 Å². The zero-order chi connectivity index (χ0) is 12.5. The van der Waals surface area contributed by atoms with Crippen LogP contribution in [-0.4, -0.2) is 40.1 Å². The van der Waals surface area contributed by atoms with Gasteiger partial charge in [-0.3, -0.25) is 4.90 Å². The van der Waals surface area contributed by atoms with E-state index in [1.165, 1.54) is 38.8 Å². The van der Waals surface area contributed by atoms with Gasteiger partial charge >= 0.3 is 0 Å². The Labute approximate surface area is 109 Å². The van der Waals surface area contributed by atoms with Crippen LogP contribution >= 0.6 is 0 Å². The van der Waals surface area contributed by atoms with Crippen LogP contribution < -0.4 is 5.32 Å². The van der Waals surface area contributed by atoms with Crippen molar-refractivity contribution < 1.29 is 0 Å². The summed E-state index contributed by atoms with van der Waals surface area (Å²) in [7, 11) is 0. The van der Waals surface area contributed by atoms with Crippen molar-refractivity contribution in [1.29, 1.82) is 0 Å². The van der Waals surface area contributed by atoms with E-state index in [2.05, 4.69) is 39.8 Å². The van der Waals surface area contributed by atoms with Crippen molar-refractivity contribution in [2.24, 2.45) is 0 Å². The Morgan fingerprint density at radius 3 is 2.78 bits per heavy atom. The number of aryl methyl sites for hydroxylation is 1. The van der Waals surface area contributed by atoms with Gasteiger partial charge in [-0.25, -0.2) is 4.98 Å². The summed E-state index contributed by atoms with van der Waals surface area (Å²) in [4.78, 5) is 7.18. The zero-order valence-corrected chi connectivity index (χ0v) is 11.5. The van der Waals surface area contributed by atoms with Crippen LogP contribution in [0.4, 0.5) is 5.95 Å². The molecule has 1 unspecified atom stereocenters. The van der Waals surface area contributed by atoms with Gasteiger partial charge in [-0.1, -0.05) is 0 Å². The predicted octanol–water partition coefficient (Wildman–Crippen LogP) is 2.42. The van der Waals surface area contributed by atoms with Crippen LogP contribution in [0.1, 0.15) is 44.3 Å². The van der Waals surface area contributed by atoms with Crippen LogP contribution in [0.15, 0.2) is 6.20 Å². The maximum absolute atomic E-state index is 4.60. The summed E-state index contributed by atoms with van der Waals surface area (Å²) in [6.45, 7) is 7.92. The molecule has 1 saturated heterocycles. The van der Waals surface area contributed by atoms with Crippen molar-refractivity contribution in [3.63, 3.8) is 0 Å². The first-order valence-corrected chi connectivity index (χ1v) is 7.27. The van der Waals surface area contributed by atoms with Gasteiger partial charge in [0.2, 0.25) is 5.95 Å². The first-order valence-electron chi connectivity index (χ1n) is 7.27. The lowest BCUT2D eigenvalue weighted by molar-refractivity contribution is 0.268. The summed E-state index contributed by atoms with van der Waals surface area (Å²) in [6.07, 6.45) is 7.53. The summed E-state index contributed by atoms with van der Waals surface area (Å²) in [5, 5.41) is 3.54. The Bertz CT molecular complexity index is 402. The first-order chi connectivity index (χ1) is 8.74. The molecule has 4 heteroatoms.